The average Bonchev–Trinajstić information content (AvgIpc) is 3.36. The van der Waals surface area contributed by atoms with E-state index in [-0.39, 0.29) is 40.9 Å². The number of hydrogen-bond donors (Lipinski definition) is 0. The summed E-state index contributed by atoms with van der Waals surface area (Å²) in [5, 5.41) is 0. The predicted octanol–water partition coefficient (Wildman–Crippen LogP) is 2.13. The highest BCUT2D eigenvalue weighted by atomic mass is 16.3. The molecule has 0 saturated carbocycles. The Morgan fingerprint density at radius 2 is 1.57 bits per heavy atom. The second kappa shape index (κ2) is 7.78. The van der Waals surface area contributed by atoms with Crippen LogP contribution in [-0.2, 0) is 0 Å². The molecule has 0 spiro atoms. The van der Waals surface area contributed by atoms with Crippen LogP contribution in [0.3, 0.4) is 0 Å². The van der Waals surface area contributed by atoms with Gasteiger partial charge in [0.25, 0.3) is 23.6 Å². The minimum atomic E-state index is -0.354. The first-order valence-electron chi connectivity index (χ1n) is 9.99. The summed E-state index contributed by atoms with van der Waals surface area (Å²) >= 11 is 0. The van der Waals surface area contributed by atoms with Gasteiger partial charge in [-0.2, -0.15) is 0 Å². The van der Waals surface area contributed by atoms with Gasteiger partial charge in [-0.3, -0.25) is 24.1 Å². The number of carbonyl (C=O) groups excluding carboxylic acids is 4. The maximum atomic E-state index is 12.9. The average molecular weight is 409 g/mol. The monoisotopic (exact) mass is 409 g/mol. The van der Waals surface area contributed by atoms with Gasteiger partial charge in [-0.15, -0.1) is 0 Å². The normalized spacial score (nSPS) is 16.4. The smallest absolute Gasteiger partial charge is 0.289 e. The van der Waals surface area contributed by atoms with E-state index in [1.165, 1.54) is 17.2 Å². The molecule has 4 amide bonds. The van der Waals surface area contributed by atoms with E-state index >= 15 is 0 Å². The predicted molar refractivity (Wildman–Crippen MR) is 107 cm³/mol. The Balaban J connectivity index is 1.45. The molecule has 30 heavy (non-hydrogen) atoms. The molecular weight excluding hydrogens is 386 g/mol. The quantitative estimate of drug-likeness (QED) is 0.722. The summed E-state index contributed by atoms with van der Waals surface area (Å²) in [6.45, 7) is 5.79. The van der Waals surface area contributed by atoms with E-state index in [0.717, 1.165) is 0 Å². The Bertz CT molecular complexity index is 1000. The van der Waals surface area contributed by atoms with E-state index in [9.17, 15) is 19.2 Å². The van der Waals surface area contributed by atoms with Crippen LogP contribution in [0.25, 0.3) is 0 Å². The highest BCUT2D eigenvalue weighted by Gasteiger charge is 2.36. The zero-order valence-electron chi connectivity index (χ0n) is 17.0. The molecule has 1 fully saturated rings. The third-order valence-corrected chi connectivity index (χ3v) is 5.35. The van der Waals surface area contributed by atoms with Crippen molar-refractivity contribution >= 4 is 23.6 Å². The standard InChI is InChI=1S/C22H23N3O5/c1-14(2)13-25-20(27)16-6-5-15(12-17(16)21(25)28)19(26)23-7-9-24(10-8-23)22(29)18-4-3-11-30-18/h3-6,11-12,14H,7-10,13H2,1-2H3. The lowest BCUT2D eigenvalue weighted by Crippen LogP contribution is -2.50. The van der Waals surface area contributed by atoms with Gasteiger partial charge in [0.05, 0.1) is 17.4 Å². The molecule has 8 nitrogen and oxygen atoms in total. The number of amides is 4. The van der Waals surface area contributed by atoms with Crippen molar-refractivity contribution in [2.24, 2.45) is 5.92 Å². The Labute approximate surface area is 174 Å². The summed E-state index contributed by atoms with van der Waals surface area (Å²) in [7, 11) is 0. The molecule has 0 unspecified atom stereocenters. The van der Waals surface area contributed by atoms with Crippen LogP contribution in [0.15, 0.2) is 41.0 Å². The highest BCUT2D eigenvalue weighted by molar-refractivity contribution is 6.22. The van der Waals surface area contributed by atoms with Gasteiger partial charge in [-0.1, -0.05) is 13.8 Å². The summed E-state index contributed by atoms with van der Waals surface area (Å²) < 4.78 is 5.15. The van der Waals surface area contributed by atoms with E-state index in [0.29, 0.717) is 43.9 Å². The lowest BCUT2D eigenvalue weighted by molar-refractivity contribution is 0.0518. The van der Waals surface area contributed by atoms with Gasteiger partial charge in [-0.05, 0) is 36.2 Å². The van der Waals surface area contributed by atoms with Crippen LogP contribution < -0.4 is 0 Å². The van der Waals surface area contributed by atoms with Crippen LogP contribution in [0.1, 0.15) is 55.5 Å². The molecule has 3 heterocycles. The van der Waals surface area contributed by atoms with Gasteiger partial charge >= 0.3 is 0 Å². The van der Waals surface area contributed by atoms with Crippen molar-refractivity contribution in [3.05, 3.63) is 59.0 Å². The second-order valence-corrected chi connectivity index (χ2v) is 7.94. The third-order valence-electron chi connectivity index (χ3n) is 5.35. The van der Waals surface area contributed by atoms with Crippen LogP contribution in [0.4, 0.5) is 0 Å². The van der Waals surface area contributed by atoms with Crippen LogP contribution >= 0.6 is 0 Å². The Kier molecular flexibility index (Phi) is 5.15. The summed E-state index contributed by atoms with van der Waals surface area (Å²) in [4.78, 5) is 55.0. The van der Waals surface area contributed by atoms with Gasteiger partial charge in [0.15, 0.2) is 5.76 Å². The number of fused-ring (bicyclic) bond motifs is 1. The van der Waals surface area contributed by atoms with Gasteiger partial charge in [0.1, 0.15) is 0 Å². The van der Waals surface area contributed by atoms with E-state index in [1.807, 2.05) is 13.8 Å². The zero-order chi connectivity index (χ0) is 21.4. The molecule has 0 N–H and O–H groups in total. The first kappa shape index (κ1) is 19.9. The van der Waals surface area contributed by atoms with Crippen molar-refractivity contribution in [1.82, 2.24) is 14.7 Å². The number of hydrogen-bond acceptors (Lipinski definition) is 5. The molecule has 2 aliphatic rings. The minimum absolute atomic E-state index is 0.161. The highest BCUT2D eigenvalue weighted by Crippen LogP contribution is 2.25. The number of rotatable bonds is 4. The molecule has 156 valence electrons. The van der Waals surface area contributed by atoms with Crippen LogP contribution in [-0.4, -0.2) is 71.1 Å². The number of nitrogens with zero attached hydrogens (tertiary/aromatic N) is 3. The van der Waals surface area contributed by atoms with E-state index in [1.54, 1.807) is 34.1 Å². The van der Waals surface area contributed by atoms with E-state index < -0.39 is 0 Å². The molecule has 0 aliphatic carbocycles. The lowest BCUT2D eigenvalue weighted by Gasteiger charge is -2.34. The fourth-order valence-corrected chi connectivity index (χ4v) is 3.81. The number of benzene rings is 1. The molecular formula is C22H23N3O5. The topological polar surface area (TPSA) is 91.1 Å². The first-order valence-corrected chi connectivity index (χ1v) is 9.99. The zero-order valence-corrected chi connectivity index (χ0v) is 17.0. The van der Waals surface area contributed by atoms with Crippen molar-refractivity contribution in [2.45, 2.75) is 13.8 Å². The molecule has 1 aromatic heterocycles. The van der Waals surface area contributed by atoms with Crippen molar-refractivity contribution in [3.63, 3.8) is 0 Å². The summed E-state index contributed by atoms with van der Waals surface area (Å²) in [6.07, 6.45) is 1.45. The van der Waals surface area contributed by atoms with Crippen LogP contribution in [0.5, 0.6) is 0 Å². The Morgan fingerprint density at radius 3 is 2.17 bits per heavy atom. The summed E-state index contributed by atoms with van der Waals surface area (Å²) in [5.41, 5.74) is 0.983. The molecule has 2 aliphatic heterocycles. The molecule has 1 aromatic carbocycles. The molecule has 1 saturated heterocycles. The Morgan fingerprint density at radius 1 is 0.933 bits per heavy atom. The molecule has 4 rings (SSSR count). The van der Waals surface area contributed by atoms with Gasteiger partial charge in [-0.25, -0.2) is 0 Å². The number of carbonyl (C=O) groups is 4. The first-order chi connectivity index (χ1) is 14.4. The van der Waals surface area contributed by atoms with E-state index in [2.05, 4.69) is 0 Å². The minimum Gasteiger partial charge on any atom is -0.459 e. The molecule has 0 atom stereocenters. The second-order valence-electron chi connectivity index (χ2n) is 7.94. The van der Waals surface area contributed by atoms with Crippen LogP contribution in [0, 0.1) is 5.92 Å². The van der Waals surface area contributed by atoms with Crippen molar-refractivity contribution in [3.8, 4) is 0 Å². The van der Waals surface area contributed by atoms with Gasteiger partial charge in [0.2, 0.25) is 0 Å². The van der Waals surface area contributed by atoms with Crippen molar-refractivity contribution in [1.29, 1.82) is 0 Å². The molecule has 2 aromatic rings. The largest absolute Gasteiger partial charge is 0.459 e. The molecule has 8 heteroatoms. The maximum Gasteiger partial charge on any atom is 0.289 e. The SMILES string of the molecule is CC(C)CN1C(=O)c2ccc(C(=O)N3CCN(C(=O)c4ccco4)CC3)cc2C1=O. The fraction of sp³-hybridized carbons (Fsp3) is 0.364. The number of furan rings is 1. The molecule has 0 radical (unpaired) electrons. The van der Waals surface area contributed by atoms with Gasteiger partial charge in [0, 0.05) is 38.3 Å². The molecule has 0 bridgehead atoms. The fourth-order valence-electron chi connectivity index (χ4n) is 3.81. The van der Waals surface area contributed by atoms with Crippen LogP contribution in [0.2, 0.25) is 0 Å². The number of piperazine rings is 1. The summed E-state index contributed by atoms with van der Waals surface area (Å²) in [5.74, 6) is -0.638. The maximum absolute atomic E-state index is 12.9. The Hall–Kier alpha value is -3.42. The third kappa shape index (κ3) is 3.49. The van der Waals surface area contributed by atoms with E-state index in [4.69, 9.17) is 4.42 Å². The number of imide groups is 1. The summed E-state index contributed by atoms with van der Waals surface area (Å²) in [6, 6.07) is 7.93. The van der Waals surface area contributed by atoms with Crippen molar-refractivity contribution < 1.29 is 23.6 Å². The lowest BCUT2D eigenvalue weighted by atomic mass is 10.0. The van der Waals surface area contributed by atoms with Crippen molar-refractivity contribution in [2.75, 3.05) is 32.7 Å². The van der Waals surface area contributed by atoms with Gasteiger partial charge < -0.3 is 14.2 Å².